The average molecular weight is 1070 g/mol. The molecule has 0 aromatic heterocycles. The van der Waals surface area contributed by atoms with Crippen molar-refractivity contribution in [2.24, 2.45) is 0 Å². The Kier molecular flexibility index (Phi) is 16.4. The Morgan fingerprint density at radius 2 is 0.785 bits per heavy atom. The molecule has 4 heterocycles. The minimum Gasteiger partial charge on any atom is -0.497 e. The van der Waals surface area contributed by atoms with Crippen molar-refractivity contribution >= 4 is 23.6 Å². The number of fused-ring (bicyclic) bond motifs is 2. The van der Waals surface area contributed by atoms with Crippen molar-refractivity contribution in [2.75, 3.05) is 20.3 Å². The van der Waals surface area contributed by atoms with Crippen LogP contribution in [-0.4, -0.2) is 120 Å². The third-order valence-electron chi connectivity index (χ3n) is 14.5. The minimum absolute atomic E-state index is 0.0515. The average Bonchev–Trinajstić information content (AvgIpc) is 4.18. The van der Waals surface area contributed by atoms with E-state index in [0.717, 1.165) is 32.1 Å². The van der Waals surface area contributed by atoms with Gasteiger partial charge in [0.05, 0.1) is 69.0 Å². The van der Waals surface area contributed by atoms with E-state index in [2.05, 4.69) is 0 Å². The van der Waals surface area contributed by atoms with E-state index < -0.39 is 84.9 Å². The van der Waals surface area contributed by atoms with Crippen LogP contribution < -0.4 is 9.47 Å². The van der Waals surface area contributed by atoms with E-state index in [9.17, 15) is 24.3 Å². The zero-order chi connectivity index (χ0) is 54.2. The maximum atomic E-state index is 14.9. The van der Waals surface area contributed by atoms with Crippen molar-refractivity contribution in [2.45, 2.75) is 87.7 Å². The van der Waals surface area contributed by atoms with Crippen LogP contribution in [0.1, 0.15) is 63.7 Å². The van der Waals surface area contributed by atoms with Crippen LogP contribution in [0.3, 0.4) is 0 Å². The molecule has 0 spiro atoms. The molecule has 4 aliphatic heterocycles. The van der Waals surface area contributed by atoms with Crippen molar-refractivity contribution in [1.82, 2.24) is 9.80 Å². The highest BCUT2D eigenvalue weighted by Crippen LogP contribution is 2.41. The van der Waals surface area contributed by atoms with Crippen molar-refractivity contribution in [1.29, 1.82) is 0 Å². The summed E-state index contributed by atoms with van der Waals surface area (Å²) in [5, 5.41) is 12.6. The molecule has 10 atom stereocenters. The molecule has 0 aliphatic carbocycles. The first-order valence-electron chi connectivity index (χ1n) is 26.2. The molecule has 404 valence electrons. The second-order valence-corrected chi connectivity index (χ2v) is 19.5. The van der Waals surface area contributed by atoms with Gasteiger partial charge in [0, 0.05) is 0 Å². The van der Waals surface area contributed by atoms with Gasteiger partial charge in [-0.15, -0.1) is 0 Å². The number of nitrogens with zero attached hydrogens (tertiary/aromatic N) is 2. The van der Waals surface area contributed by atoms with Gasteiger partial charge in [-0.2, -0.15) is 0 Å². The molecule has 79 heavy (non-hydrogen) atoms. The molecule has 4 amide bonds. The lowest BCUT2D eigenvalue weighted by molar-refractivity contribution is -0.342. The van der Waals surface area contributed by atoms with Crippen molar-refractivity contribution in [3.63, 3.8) is 0 Å². The number of ether oxygens (including phenoxy) is 9. The Morgan fingerprint density at radius 3 is 1.23 bits per heavy atom. The lowest BCUT2D eigenvalue weighted by Crippen LogP contribution is -2.71. The largest absolute Gasteiger partial charge is 0.497 e. The summed E-state index contributed by atoms with van der Waals surface area (Å²) in [6, 6.07) is 54.4. The maximum Gasteiger partial charge on any atom is 0.262 e. The molecule has 0 saturated carbocycles. The first kappa shape index (κ1) is 53.1. The Balaban J connectivity index is 1.05. The Morgan fingerprint density at radius 1 is 0.418 bits per heavy atom. The van der Waals surface area contributed by atoms with Gasteiger partial charge in [0.1, 0.15) is 60.2 Å². The van der Waals surface area contributed by atoms with Crippen molar-refractivity contribution < 1.29 is 66.9 Å². The number of benzene rings is 7. The fourth-order valence-corrected chi connectivity index (χ4v) is 10.5. The lowest BCUT2D eigenvalue weighted by atomic mass is 9.92. The van der Waals surface area contributed by atoms with Gasteiger partial charge in [0.25, 0.3) is 23.6 Å². The summed E-state index contributed by atoms with van der Waals surface area (Å²) in [7, 11) is 1.54. The molecular formula is C63H58N2O14. The van der Waals surface area contributed by atoms with E-state index in [4.69, 9.17) is 42.6 Å². The predicted octanol–water partition coefficient (Wildman–Crippen LogP) is 8.20. The maximum absolute atomic E-state index is 14.9. The van der Waals surface area contributed by atoms with Crippen LogP contribution in [-0.2, 0) is 59.6 Å². The summed E-state index contributed by atoms with van der Waals surface area (Å²) in [5.41, 5.74) is 3.80. The highest BCUT2D eigenvalue weighted by molar-refractivity contribution is 6.22. The zero-order valence-corrected chi connectivity index (χ0v) is 43.1. The molecule has 16 heteroatoms. The summed E-state index contributed by atoms with van der Waals surface area (Å²) in [4.78, 5) is 61.7. The molecule has 16 nitrogen and oxygen atoms in total. The zero-order valence-electron chi connectivity index (χ0n) is 43.1. The molecule has 11 rings (SSSR count). The van der Waals surface area contributed by atoms with Crippen molar-refractivity contribution in [3.05, 3.63) is 239 Å². The lowest BCUT2D eigenvalue weighted by Gasteiger charge is -2.51. The second kappa shape index (κ2) is 24.4. The van der Waals surface area contributed by atoms with Crippen LogP contribution in [0.2, 0.25) is 0 Å². The molecule has 0 radical (unpaired) electrons. The Labute approximate surface area is 456 Å². The monoisotopic (exact) mass is 1070 g/mol. The molecule has 10 unspecified atom stereocenters. The van der Waals surface area contributed by atoms with Gasteiger partial charge in [-0.05, 0) is 70.8 Å². The smallest absolute Gasteiger partial charge is 0.262 e. The number of methoxy groups -OCH3 is 1. The van der Waals surface area contributed by atoms with Crippen LogP contribution >= 0.6 is 0 Å². The number of hydrogen-bond donors (Lipinski definition) is 1. The van der Waals surface area contributed by atoms with Gasteiger partial charge >= 0.3 is 0 Å². The summed E-state index contributed by atoms with van der Waals surface area (Å²) < 4.78 is 60.1. The second-order valence-electron chi connectivity index (χ2n) is 19.5. The first-order chi connectivity index (χ1) is 38.7. The van der Waals surface area contributed by atoms with Crippen molar-refractivity contribution in [3.8, 4) is 11.5 Å². The van der Waals surface area contributed by atoms with E-state index in [1.807, 2.05) is 121 Å². The number of amides is 4. The summed E-state index contributed by atoms with van der Waals surface area (Å²) in [6.45, 7) is -0.209. The Hall–Kier alpha value is -7.90. The third-order valence-corrected chi connectivity index (χ3v) is 14.5. The molecule has 4 aliphatic rings. The first-order valence-corrected chi connectivity index (χ1v) is 26.2. The van der Waals surface area contributed by atoms with Crippen LogP contribution in [0, 0.1) is 0 Å². The quantitative estimate of drug-likeness (QED) is 0.0681. The number of carbonyl (C=O) groups excluding carboxylic acids is 4. The number of aliphatic hydroxyl groups is 1. The molecule has 7 aromatic carbocycles. The Bertz CT molecular complexity index is 3140. The van der Waals surface area contributed by atoms with Crippen LogP contribution in [0.25, 0.3) is 0 Å². The van der Waals surface area contributed by atoms with Gasteiger partial charge in [-0.25, -0.2) is 0 Å². The molecule has 0 bridgehead atoms. The fourth-order valence-electron chi connectivity index (χ4n) is 10.5. The third kappa shape index (κ3) is 11.5. The van der Waals surface area contributed by atoms with Crippen LogP contribution in [0.4, 0.5) is 0 Å². The van der Waals surface area contributed by atoms with Gasteiger partial charge in [-0.3, -0.25) is 29.0 Å². The van der Waals surface area contributed by atoms with E-state index in [1.54, 1.807) is 79.9 Å². The predicted molar refractivity (Wildman–Crippen MR) is 286 cm³/mol. The van der Waals surface area contributed by atoms with E-state index in [-0.39, 0.29) is 61.9 Å². The molecule has 7 aromatic rings. The van der Waals surface area contributed by atoms with Crippen LogP contribution in [0.5, 0.6) is 11.5 Å². The number of aliphatic hydroxyl groups excluding tert-OH is 1. The van der Waals surface area contributed by atoms with Crippen LogP contribution in [0.15, 0.2) is 194 Å². The van der Waals surface area contributed by atoms with Gasteiger partial charge < -0.3 is 47.7 Å². The summed E-state index contributed by atoms with van der Waals surface area (Å²) in [6.07, 6.45) is -11.1. The molecular weight excluding hydrogens is 1010 g/mol. The number of rotatable bonds is 21. The number of hydrogen-bond acceptors (Lipinski definition) is 14. The molecule has 2 fully saturated rings. The van der Waals surface area contributed by atoms with E-state index >= 15 is 0 Å². The standard InChI is InChI=1S/C63H58N2O14/c1-71-44-30-32-45(33-31-44)76-62-53(65-60(69)48-28-16-17-29-49(48)61(65)70)57(75-37-43-24-12-5-13-25-43)55(51(78-62)39-73-35-41-20-8-3-9-21-41)79-63-52(64-58(67)46-26-14-15-27-47(46)59(64)68)56(74-36-42-22-10-4-11-23-42)54(66)50(77-63)38-72-34-40-18-6-2-7-19-40/h2-33,50-57,62-63,66H,34-39H2,1H3. The van der Waals surface area contributed by atoms with E-state index in [1.165, 1.54) is 0 Å². The van der Waals surface area contributed by atoms with Gasteiger partial charge in [-0.1, -0.05) is 146 Å². The highest BCUT2D eigenvalue weighted by atomic mass is 16.7. The van der Waals surface area contributed by atoms with Gasteiger partial charge in [0.15, 0.2) is 6.29 Å². The molecule has 1 N–H and O–H groups in total. The normalized spacial score (nSPS) is 24.6. The fraction of sp³-hybridized carbons (Fsp3) is 0.270. The number of imide groups is 2. The highest BCUT2D eigenvalue weighted by Gasteiger charge is 2.60. The van der Waals surface area contributed by atoms with E-state index in [0.29, 0.717) is 11.5 Å². The minimum atomic E-state index is -1.65. The van der Waals surface area contributed by atoms with Gasteiger partial charge in [0.2, 0.25) is 6.29 Å². The molecule has 2 saturated heterocycles. The SMILES string of the molecule is COc1ccc(OC2OC(COCc3ccccc3)C(OC3OC(COCc4ccccc4)C(O)C(OCc4ccccc4)C3N3C(=O)c4ccccc4C3=O)C(OCc3ccccc3)C2N2C(=O)c3ccccc3C2=O)cc1. The summed E-state index contributed by atoms with van der Waals surface area (Å²) in [5.74, 6) is -1.73. The topological polar surface area (TPSA) is 178 Å². The number of carbonyl (C=O) groups is 4. The summed E-state index contributed by atoms with van der Waals surface area (Å²) >= 11 is 0.